The number of aromatic nitrogens is 3. The summed E-state index contributed by atoms with van der Waals surface area (Å²) in [5, 5.41) is 10.6. The molecule has 3 aromatic rings. The number of halogens is 3. The van der Waals surface area contributed by atoms with Gasteiger partial charge >= 0.3 is 0 Å². The number of hydrogen-bond acceptors (Lipinski definition) is 7. The second kappa shape index (κ2) is 10.5. The van der Waals surface area contributed by atoms with Crippen LogP contribution in [0, 0.1) is 19.7 Å². The van der Waals surface area contributed by atoms with Crippen LogP contribution in [0.3, 0.4) is 0 Å². The second-order valence-corrected chi connectivity index (χ2v) is 9.84. The molecule has 0 atom stereocenters. The molecule has 2 fully saturated rings. The number of fused-ring (bicyclic) bond motifs is 1. The fourth-order valence-corrected chi connectivity index (χ4v) is 5.08. The van der Waals surface area contributed by atoms with E-state index in [0.29, 0.717) is 29.2 Å². The molecule has 10 heteroatoms. The number of nitrogens with one attached hydrogen (secondary N) is 3. The quantitative estimate of drug-likeness (QED) is 0.410. The third-order valence-corrected chi connectivity index (χ3v) is 7.29. The van der Waals surface area contributed by atoms with Crippen molar-refractivity contribution in [3.05, 3.63) is 70.7 Å². The molecule has 0 spiro atoms. The maximum Gasteiger partial charge on any atom is 0.266 e. The molecule has 2 saturated heterocycles. The summed E-state index contributed by atoms with van der Waals surface area (Å²) in [4.78, 5) is 16.1. The molecule has 0 bridgehead atoms. The molecule has 7 nitrogen and oxygen atoms in total. The van der Waals surface area contributed by atoms with E-state index in [1.165, 1.54) is 12.1 Å². The molecule has 2 aliphatic heterocycles. The van der Waals surface area contributed by atoms with Gasteiger partial charge in [-0.05, 0) is 44.2 Å². The topological polar surface area (TPSA) is 78.0 Å². The van der Waals surface area contributed by atoms with E-state index >= 15 is 0 Å². The minimum absolute atomic E-state index is 0.0190. The highest BCUT2D eigenvalue weighted by Crippen LogP contribution is 2.34. The van der Waals surface area contributed by atoms with Gasteiger partial charge in [0.05, 0.1) is 22.8 Å². The van der Waals surface area contributed by atoms with E-state index in [4.69, 9.17) is 4.98 Å². The molecule has 0 amide bonds. The average molecular weight is 512 g/mol. The molecule has 0 saturated carbocycles. The number of nitrogens with zero attached hydrogens (tertiary/aromatic N) is 4. The zero-order chi connectivity index (χ0) is 26.1. The summed E-state index contributed by atoms with van der Waals surface area (Å²) < 4.78 is 40.8. The van der Waals surface area contributed by atoms with Gasteiger partial charge in [-0.15, -0.1) is 0 Å². The molecule has 1 aromatic carbocycles. The first-order chi connectivity index (χ1) is 17.8. The zero-order valence-electron chi connectivity index (χ0n) is 21.1. The van der Waals surface area contributed by atoms with Gasteiger partial charge in [0.1, 0.15) is 17.5 Å². The number of aryl methyl sites for hydroxylation is 2. The van der Waals surface area contributed by atoms with Crippen molar-refractivity contribution in [3.8, 4) is 0 Å². The minimum atomic E-state index is -2.87. The number of piperidine rings is 1. The monoisotopic (exact) mass is 511 g/mol. The maximum absolute atomic E-state index is 14.6. The Kier molecular flexibility index (Phi) is 7.19. The van der Waals surface area contributed by atoms with E-state index in [1.54, 1.807) is 6.92 Å². The first kappa shape index (κ1) is 25.3. The predicted molar refractivity (Wildman–Crippen MR) is 138 cm³/mol. The molecule has 2 aliphatic rings. The Labute approximate surface area is 214 Å². The summed E-state index contributed by atoms with van der Waals surface area (Å²) in [5.74, 6) is 1.46. The van der Waals surface area contributed by atoms with Gasteiger partial charge in [0.2, 0.25) is 0 Å². The van der Waals surface area contributed by atoms with Crippen molar-refractivity contribution in [1.82, 2.24) is 30.5 Å². The summed E-state index contributed by atoms with van der Waals surface area (Å²) >= 11 is 0. The maximum atomic E-state index is 14.6. The van der Waals surface area contributed by atoms with Crippen LogP contribution >= 0.6 is 0 Å². The molecule has 37 heavy (non-hydrogen) atoms. The third-order valence-electron chi connectivity index (χ3n) is 7.29. The molecular formula is C27H32F3N7. The van der Waals surface area contributed by atoms with Gasteiger partial charge in [-0.25, -0.2) is 28.1 Å². The van der Waals surface area contributed by atoms with Crippen molar-refractivity contribution in [2.75, 3.05) is 31.5 Å². The molecule has 196 valence electrons. The van der Waals surface area contributed by atoms with Gasteiger partial charge < -0.3 is 20.9 Å². The first-order valence-corrected chi connectivity index (χ1v) is 12.7. The van der Waals surface area contributed by atoms with Crippen LogP contribution in [0.1, 0.15) is 53.4 Å². The van der Waals surface area contributed by atoms with E-state index in [2.05, 4.69) is 43.5 Å². The Morgan fingerprint density at radius 2 is 1.92 bits per heavy atom. The number of benzene rings is 1. The van der Waals surface area contributed by atoms with Crippen molar-refractivity contribution < 1.29 is 13.2 Å². The molecule has 0 unspecified atom stereocenters. The Hall–Kier alpha value is -3.40. The lowest BCUT2D eigenvalue weighted by Gasteiger charge is -2.38. The van der Waals surface area contributed by atoms with Gasteiger partial charge in [-0.1, -0.05) is 24.8 Å². The fraction of sp³-hybridized carbons (Fsp3) is 0.444. The summed E-state index contributed by atoms with van der Waals surface area (Å²) in [6, 6.07) is 6.58. The number of hydrogen-bond donors (Lipinski definition) is 3. The summed E-state index contributed by atoms with van der Waals surface area (Å²) in [7, 11) is 0. The highest BCUT2D eigenvalue weighted by molar-refractivity contribution is 5.87. The molecule has 0 radical (unpaired) electrons. The largest absolute Gasteiger partial charge is 0.367 e. The van der Waals surface area contributed by atoms with E-state index in [1.807, 2.05) is 6.92 Å². The molecule has 0 aliphatic carbocycles. The van der Waals surface area contributed by atoms with Crippen molar-refractivity contribution in [1.29, 1.82) is 0 Å². The van der Waals surface area contributed by atoms with Crippen molar-refractivity contribution in [2.24, 2.45) is 0 Å². The van der Waals surface area contributed by atoms with Gasteiger partial charge in [0, 0.05) is 44.0 Å². The lowest BCUT2D eigenvalue weighted by Crippen LogP contribution is -2.56. The SMILES string of the molecule is C=C(NC1CNC1)N1CCC(c2cc3c(NCc4cccc(C(F)F)c4F)nc(C)nc3nc2C)CC1. The van der Waals surface area contributed by atoms with Crippen LogP contribution in [0.5, 0.6) is 0 Å². The molecule has 5 rings (SSSR count). The number of anilines is 1. The second-order valence-electron chi connectivity index (χ2n) is 9.84. The third kappa shape index (κ3) is 5.34. The van der Waals surface area contributed by atoms with Crippen LogP contribution in [0.4, 0.5) is 19.0 Å². The number of alkyl halides is 2. The molecule has 4 heterocycles. The van der Waals surface area contributed by atoms with E-state index in [0.717, 1.165) is 67.6 Å². The molecule has 3 N–H and O–H groups in total. The van der Waals surface area contributed by atoms with Crippen LogP contribution in [0.2, 0.25) is 0 Å². The number of rotatable bonds is 8. The van der Waals surface area contributed by atoms with E-state index in [-0.39, 0.29) is 12.1 Å². The van der Waals surface area contributed by atoms with E-state index in [9.17, 15) is 13.2 Å². The Morgan fingerprint density at radius 3 is 2.59 bits per heavy atom. The van der Waals surface area contributed by atoms with Crippen LogP contribution in [0.15, 0.2) is 36.7 Å². The molecular weight excluding hydrogens is 479 g/mol. The zero-order valence-corrected chi connectivity index (χ0v) is 21.1. The van der Waals surface area contributed by atoms with Gasteiger partial charge in [-0.3, -0.25) is 0 Å². The van der Waals surface area contributed by atoms with Crippen molar-refractivity contribution in [2.45, 2.75) is 51.6 Å². The number of likely N-dealkylation sites (tertiary alicyclic amines) is 1. The summed E-state index contributed by atoms with van der Waals surface area (Å²) in [6.45, 7) is 11.8. The van der Waals surface area contributed by atoms with Crippen LogP contribution < -0.4 is 16.0 Å². The lowest BCUT2D eigenvalue weighted by atomic mass is 9.88. The van der Waals surface area contributed by atoms with Crippen LogP contribution in [-0.2, 0) is 6.54 Å². The Bertz CT molecular complexity index is 1300. The van der Waals surface area contributed by atoms with Gasteiger partial charge in [0.15, 0.2) is 5.65 Å². The van der Waals surface area contributed by atoms with E-state index < -0.39 is 17.8 Å². The summed E-state index contributed by atoms with van der Waals surface area (Å²) in [6.07, 6.45) is -0.927. The highest BCUT2D eigenvalue weighted by Gasteiger charge is 2.26. The minimum Gasteiger partial charge on any atom is -0.367 e. The van der Waals surface area contributed by atoms with Gasteiger partial charge in [0.25, 0.3) is 6.43 Å². The van der Waals surface area contributed by atoms with Crippen LogP contribution in [-0.4, -0.2) is 52.1 Å². The van der Waals surface area contributed by atoms with Gasteiger partial charge in [-0.2, -0.15) is 0 Å². The van der Waals surface area contributed by atoms with Crippen LogP contribution in [0.25, 0.3) is 11.0 Å². The first-order valence-electron chi connectivity index (χ1n) is 12.7. The predicted octanol–water partition coefficient (Wildman–Crippen LogP) is 4.54. The number of pyridine rings is 1. The fourth-order valence-electron chi connectivity index (χ4n) is 5.08. The standard InChI is InChI=1S/C27H32F3N7/c1-15-22(18-7-9-37(10-8-18)17(3)36-20-13-31-14-20)11-23-26(34-16(2)35-27(23)33-15)32-12-19-5-4-6-21(24(19)28)25(29)30/h4-6,11,18,20,25,31,36H,3,7-10,12-14H2,1-2H3,(H,32,33,34,35). The normalized spacial score (nSPS) is 16.8. The lowest BCUT2D eigenvalue weighted by molar-refractivity contribution is 0.146. The molecule has 2 aromatic heterocycles. The highest BCUT2D eigenvalue weighted by atomic mass is 19.3. The smallest absolute Gasteiger partial charge is 0.266 e. The van der Waals surface area contributed by atoms with Crippen molar-refractivity contribution >= 4 is 16.9 Å². The Balaban J connectivity index is 1.35. The summed E-state index contributed by atoms with van der Waals surface area (Å²) in [5.41, 5.74) is 2.19. The average Bonchev–Trinajstić information content (AvgIpc) is 2.84. The Morgan fingerprint density at radius 1 is 1.16 bits per heavy atom. The van der Waals surface area contributed by atoms with Crippen molar-refractivity contribution in [3.63, 3.8) is 0 Å².